The maximum absolute atomic E-state index is 14.9. The number of nitriles is 1. The summed E-state index contributed by atoms with van der Waals surface area (Å²) in [5.74, 6) is -0.252. The number of rotatable bonds is 5. The van der Waals surface area contributed by atoms with Crippen LogP contribution in [-0.4, -0.2) is 41.9 Å². The highest BCUT2D eigenvalue weighted by Gasteiger charge is 2.43. The number of hydrogen-bond donors (Lipinski definition) is 2. The minimum Gasteiger partial charge on any atom is -0.339 e. The molecule has 1 saturated carbocycles. The maximum Gasteiger partial charge on any atom is 0.254 e. The molecule has 0 aromatic heterocycles. The van der Waals surface area contributed by atoms with E-state index in [1.165, 1.54) is 6.07 Å². The van der Waals surface area contributed by atoms with E-state index >= 15 is 0 Å². The van der Waals surface area contributed by atoms with E-state index in [4.69, 9.17) is 0 Å². The van der Waals surface area contributed by atoms with Gasteiger partial charge in [0.2, 0.25) is 5.91 Å². The Morgan fingerprint density at radius 1 is 1.28 bits per heavy atom. The molecule has 1 unspecified atom stereocenters. The molecule has 4 atom stereocenters. The van der Waals surface area contributed by atoms with E-state index in [0.717, 1.165) is 30.4 Å². The molecule has 1 aliphatic carbocycles. The number of carbonyl (C=O) groups excluding carboxylic acids is 2. The van der Waals surface area contributed by atoms with Crippen molar-refractivity contribution >= 4 is 11.8 Å². The van der Waals surface area contributed by atoms with Gasteiger partial charge >= 0.3 is 0 Å². The first-order chi connectivity index (χ1) is 15.4. The summed E-state index contributed by atoms with van der Waals surface area (Å²) in [5, 5.41) is 15.6. The summed E-state index contributed by atoms with van der Waals surface area (Å²) in [7, 11) is 1.76. The second-order valence-electron chi connectivity index (χ2n) is 9.15. The first kappa shape index (κ1) is 20.7. The molecule has 5 rings (SSSR count). The molecule has 2 amide bonds. The zero-order valence-corrected chi connectivity index (χ0v) is 17.9. The van der Waals surface area contributed by atoms with Gasteiger partial charge in [0.15, 0.2) is 0 Å². The second kappa shape index (κ2) is 8.03. The minimum absolute atomic E-state index is 0.00157. The summed E-state index contributed by atoms with van der Waals surface area (Å²) in [6.07, 6.45) is 3.26. The Balaban J connectivity index is 1.28. The number of nitrogens with zero attached hydrogens (tertiary/aromatic N) is 2. The lowest BCUT2D eigenvalue weighted by molar-refractivity contribution is -0.124. The van der Waals surface area contributed by atoms with Crippen LogP contribution in [-0.2, 0) is 17.8 Å². The van der Waals surface area contributed by atoms with E-state index in [1.807, 2.05) is 18.2 Å². The lowest BCUT2D eigenvalue weighted by Gasteiger charge is -2.23. The van der Waals surface area contributed by atoms with Gasteiger partial charge in [-0.15, -0.1) is 0 Å². The van der Waals surface area contributed by atoms with Gasteiger partial charge in [0, 0.05) is 31.6 Å². The van der Waals surface area contributed by atoms with E-state index in [1.54, 1.807) is 24.1 Å². The molecule has 2 aliphatic heterocycles. The molecule has 7 heteroatoms. The largest absolute Gasteiger partial charge is 0.339 e. The number of carbonyl (C=O) groups is 2. The molecular formula is C25H25FN4O2. The van der Waals surface area contributed by atoms with Crippen LogP contribution in [0.2, 0.25) is 0 Å². The van der Waals surface area contributed by atoms with Gasteiger partial charge in [0.1, 0.15) is 11.9 Å². The smallest absolute Gasteiger partial charge is 0.254 e. The summed E-state index contributed by atoms with van der Waals surface area (Å²) >= 11 is 0. The number of benzene rings is 2. The number of amides is 2. The lowest BCUT2D eigenvalue weighted by Crippen LogP contribution is -2.50. The second-order valence-corrected chi connectivity index (χ2v) is 9.15. The van der Waals surface area contributed by atoms with Crippen molar-refractivity contribution in [1.82, 2.24) is 15.5 Å². The molecule has 2 bridgehead atoms. The summed E-state index contributed by atoms with van der Waals surface area (Å²) in [6.45, 7) is 0.545. The number of nitrogens with one attached hydrogen (secondary N) is 2. The van der Waals surface area contributed by atoms with Crippen molar-refractivity contribution in [2.75, 3.05) is 7.05 Å². The number of fused-ring (bicyclic) bond motifs is 3. The first-order valence-corrected chi connectivity index (χ1v) is 11.1. The van der Waals surface area contributed by atoms with Gasteiger partial charge in [-0.1, -0.05) is 18.2 Å². The van der Waals surface area contributed by atoms with E-state index in [2.05, 4.69) is 16.7 Å². The van der Waals surface area contributed by atoms with Gasteiger partial charge in [-0.25, -0.2) is 4.39 Å². The van der Waals surface area contributed by atoms with Gasteiger partial charge in [0.25, 0.3) is 5.91 Å². The molecular weight excluding hydrogens is 407 g/mol. The highest BCUT2D eigenvalue weighted by atomic mass is 19.1. The molecule has 2 aromatic carbocycles. The van der Waals surface area contributed by atoms with Gasteiger partial charge in [0.05, 0.1) is 12.1 Å². The van der Waals surface area contributed by atoms with Gasteiger partial charge in [-0.3, -0.25) is 9.59 Å². The SMILES string of the molecule is CN1Cc2cc(-c3ccc(CC(C#N)NC(=O)[C@H]4N[C@@H]5CC[C@H]4C5)c(F)c3)ccc2C1=O. The van der Waals surface area contributed by atoms with Crippen LogP contribution in [0.15, 0.2) is 36.4 Å². The van der Waals surface area contributed by atoms with Gasteiger partial charge < -0.3 is 15.5 Å². The number of halogens is 1. The van der Waals surface area contributed by atoms with Crippen molar-refractivity contribution in [3.05, 3.63) is 58.9 Å². The normalized spacial score (nSPS) is 24.3. The van der Waals surface area contributed by atoms with Gasteiger partial charge in [-0.2, -0.15) is 5.26 Å². The summed E-state index contributed by atoms with van der Waals surface area (Å²) in [6, 6.07) is 11.9. The third-order valence-electron chi connectivity index (χ3n) is 7.01. The Hall–Kier alpha value is -3.24. The molecule has 0 radical (unpaired) electrons. The number of hydrogen-bond acceptors (Lipinski definition) is 4. The molecule has 2 heterocycles. The van der Waals surface area contributed by atoms with Crippen LogP contribution in [0.25, 0.3) is 11.1 Å². The average Bonchev–Trinajstić information content (AvgIpc) is 3.49. The van der Waals surface area contributed by atoms with E-state index in [0.29, 0.717) is 35.2 Å². The fourth-order valence-electron chi connectivity index (χ4n) is 5.30. The fourth-order valence-corrected chi connectivity index (χ4v) is 5.30. The molecule has 2 aromatic rings. The van der Waals surface area contributed by atoms with Crippen molar-refractivity contribution in [1.29, 1.82) is 5.26 Å². The topological polar surface area (TPSA) is 85.2 Å². The Bertz CT molecular complexity index is 1140. The maximum atomic E-state index is 14.9. The van der Waals surface area contributed by atoms with Crippen LogP contribution in [0.1, 0.15) is 40.7 Å². The van der Waals surface area contributed by atoms with Crippen LogP contribution in [0.4, 0.5) is 4.39 Å². The fraction of sp³-hybridized carbons (Fsp3) is 0.400. The van der Waals surface area contributed by atoms with Crippen molar-refractivity contribution < 1.29 is 14.0 Å². The van der Waals surface area contributed by atoms with Gasteiger partial charge in [-0.05, 0) is 65.6 Å². The monoisotopic (exact) mass is 432 g/mol. The summed E-state index contributed by atoms with van der Waals surface area (Å²) in [4.78, 5) is 26.3. The van der Waals surface area contributed by atoms with Crippen LogP contribution >= 0.6 is 0 Å². The molecule has 2 fully saturated rings. The Kier molecular flexibility index (Phi) is 5.18. The highest BCUT2D eigenvalue weighted by molar-refractivity contribution is 5.98. The Labute approximate surface area is 186 Å². The van der Waals surface area contributed by atoms with E-state index < -0.39 is 11.9 Å². The molecule has 32 heavy (non-hydrogen) atoms. The minimum atomic E-state index is -0.787. The average molecular weight is 432 g/mol. The van der Waals surface area contributed by atoms with Crippen LogP contribution in [0, 0.1) is 23.1 Å². The van der Waals surface area contributed by atoms with E-state index in [9.17, 15) is 19.2 Å². The third-order valence-corrected chi connectivity index (χ3v) is 7.01. The Morgan fingerprint density at radius 3 is 2.75 bits per heavy atom. The molecule has 6 nitrogen and oxygen atoms in total. The standard InChI is InChI=1S/C25H25FN4O2/c1-30-13-18-8-14(5-7-21(18)25(30)32)15-2-3-16(22(26)11-15)9-20(12-27)29-24(31)23-17-4-6-19(10-17)28-23/h2-3,5,7-8,11,17,19-20,23,28H,4,6,9-10,13H2,1H3,(H,29,31)/t17-,19+,20?,23-/m0/s1. The quantitative estimate of drug-likeness (QED) is 0.761. The predicted molar refractivity (Wildman–Crippen MR) is 117 cm³/mol. The molecule has 0 spiro atoms. The third kappa shape index (κ3) is 3.65. The van der Waals surface area contributed by atoms with Crippen molar-refractivity contribution in [3.8, 4) is 17.2 Å². The molecule has 164 valence electrons. The molecule has 1 saturated heterocycles. The zero-order valence-electron chi connectivity index (χ0n) is 17.9. The zero-order chi connectivity index (χ0) is 22.4. The number of piperidine rings is 1. The summed E-state index contributed by atoms with van der Waals surface area (Å²) < 4.78 is 14.9. The van der Waals surface area contributed by atoms with Crippen molar-refractivity contribution in [2.24, 2.45) is 5.92 Å². The van der Waals surface area contributed by atoms with Crippen LogP contribution in [0.3, 0.4) is 0 Å². The predicted octanol–water partition coefficient (Wildman–Crippen LogP) is 2.77. The van der Waals surface area contributed by atoms with Crippen LogP contribution < -0.4 is 10.6 Å². The summed E-state index contributed by atoms with van der Waals surface area (Å²) in [5.41, 5.74) is 3.55. The first-order valence-electron chi connectivity index (χ1n) is 11.1. The van der Waals surface area contributed by atoms with Crippen molar-refractivity contribution in [2.45, 2.75) is 50.4 Å². The Morgan fingerprint density at radius 2 is 2.06 bits per heavy atom. The molecule has 3 aliphatic rings. The van der Waals surface area contributed by atoms with Crippen molar-refractivity contribution in [3.63, 3.8) is 0 Å². The lowest BCUT2D eigenvalue weighted by atomic mass is 9.97. The van der Waals surface area contributed by atoms with E-state index in [-0.39, 0.29) is 24.3 Å². The molecule has 2 N–H and O–H groups in total. The highest BCUT2D eigenvalue weighted by Crippen LogP contribution is 2.35. The van der Waals surface area contributed by atoms with Crippen LogP contribution in [0.5, 0.6) is 0 Å².